The maximum atomic E-state index is 12.9. The Morgan fingerprint density at radius 2 is 1.54 bits per heavy atom. The van der Waals surface area contributed by atoms with Gasteiger partial charge in [-0.15, -0.1) is 24.8 Å². The first-order chi connectivity index (χ1) is 15.7. The highest BCUT2D eigenvalue weighted by atomic mass is 35.5. The van der Waals surface area contributed by atoms with Gasteiger partial charge in [0.15, 0.2) is 11.5 Å². The molecule has 3 rings (SSSR count). The molecule has 1 aliphatic rings. The van der Waals surface area contributed by atoms with Gasteiger partial charge in [0.05, 0.1) is 20.6 Å². The minimum absolute atomic E-state index is 0. The number of carbonyl (C=O) groups excluding carboxylic acids is 1. The van der Waals surface area contributed by atoms with Gasteiger partial charge in [-0.05, 0) is 72.7 Å². The summed E-state index contributed by atoms with van der Waals surface area (Å²) in [6.45, 7) is 10.3. The van der Waals surface area contributed by atoms with Crippen molar-refractivity contribution < 1.29 is 14.3 Å². The van der Waals surface area contributed by atoms with Gasteiger partial charge in [0.1, 0.15) is 0 Å². The second-order valence-corrected chi connectivity index (χ2v) is 10.1. The Balaban J connectivity index is 0.00000306. The third kappa shape index (κ3) is 8.59. The number of amides is 1. The molecule has 2 aromatic carbocycles. The summed E-state index contributed by atoms with van der Waals surface area (Å²) in [6.07, 6.45) is 3.30. The number of halogens is 2. The number of benzene rings is 2. The number of ether oxygens (including phenoxy) is 2. The summed E-state index contributed by atoms with van der Waals surface area (Å²) < 4.78 is 10.9. The average molecular weight is 526 g/mol. The molecule has 0 saturated carbocycles. The van der Waals surface area contributed by atoms with Crippen LogP contribution in [0.25, 0.3) is 0 Å². The Bertz CT molecular complexity index is 942. The molecule has 5 nitrogen and oxygen atoms in total. The van der Waals surface area contributed by atoms with E-state index in [2.05, 4.69) is 57.0 Å². The topological polar surface area (TPSA) is 42.0 Å². The molecule has 0 atom stereocenters. The van der Waals surface area contributed by atoms with Crippen molar-refractivity contribution in [2.45, 2.75) is 51.9 Å². The molecule has 196 valence electrons. The van der Waals surface area contributed by atoms with Gasteiger partial charge in [-0.2, -0.15) is 0 Å². The van der Waals surface area contributed by atoms with Crippen molar-refractivity contribution >= 4 is 30.7 Å². The van der Waals surface area contributed by atoms with Gasteiger partial charge in [-0.3, -0.25) is 4.79 Å². The summed E-state index contributed by atoms with van der Waals surface area (Å²) in [5.74, 6) is 1.61. The van der Waals surface area contributed by atoms with Crippen LogP contribution >= 0.6 is 24.8 Å². The fourth-order valence-corrected chi connectivity index (χ4v) is 4.39. The van der Waals surface area contributed by atoms with Crippen LogP contribution < -0.4 is 9.47 Å². The summed E-state index contributed by atoms with van der Waals surface area (Å²) in [7, 11) is 5.45. The van der Waals surface area contributed by atoms with Gasteiger partial charge in [-0.1, -0.05) is 45.0 Å². The Morgan fingerprint density at radius 1 is 0.943 bits per heavy atom. The molecular formula is C28H42Cl2N2O3. The van der Waals surface area contributed by atoms with Crippen LogP contribution in [0.4, 0.5) is 0 Å². The molecular weight excluding hydrogens is 483 g/mol. The van der Waals surface area contributed by atoms with Crippen LogP contribution in [0.2, 0.25) is 0 Å². The number of nitrogens with zero attached hydrogens (tertiary/aromatic N) is 2. The average Bonchev–Trinajstić information content (AvgIpc) is 2.94. The lowest BCUT2D eigenvalue weighted by Crippen LogP contribution is -2.35. The first-order valence-corrected chi connectivity index (χ1v) is 12.0. The summed E-state index contributed by atoms with van der Waals surface area (Å²) in [6, 6.07) is 13.0. The smallest absolute Gasteiger partial charge is 0.227 e. The SMILES string of the molecule is COc1cc2c(cc1OC)CC(=O)N(CCCN(C)CCc1ccc(C(C)(C)C)cc1)CC2.Cl.Cl. The maximum absolute atomic E-state index is 12.9. The van der Waals surface area contributed by atoms with Gasteiger partial charge in [-0.25, -0.2) is 0 Å². The highest BCUT2D eigenvalue weighted by Crippen LogP contribution is 2.32. The second kappa shape index (κ2) is 14.0. The molecule has 0 bridgehead atoms. The van der Waals surface area contributed by atoms with Crippen LogP contribution in [-0.2, 0) is 29.5 Å². The largest absolute Gasteiger partial charge is 0.493 e. The molecule has 0 aromatic heterocycles. The van der Waals surface area contributed by atoms with E-state index in [4.69, 9.17) is 9.47 Å². The molecule has 35 heavy (non-hydrogen) atoms. The number of fused-ring (bicyclic) bond motifs is 1. The lowest BCUT2D eigenvalue weighted by molar-refractivity contribution is -0.130. The zero-order chi connectivity index (χ0) is 24.0. The van der Waals surface area contributed by atoms with Gasteiger partial charge in [0, 0.05) is 19.6 Å². The van der Waals surface area contributed by atoms with Crippen molar-refractivity contribution in [3.8, 4) is 11.5 Å². The van der Waals surface area contributed by atoms with E-state index in [0.29, 0.717) is 12.2 Å². The van der Waals surface area contributed by atoms with E-state index in [1.165, 1.54) is 16.7 Å². The molecule has 7 heteroatoms. The normalized spacial score (nSPS) is 13.5. The second-order valence-electron chi connectivity index (χ2n) is 10.1. The van der Waals surface area contributed by atoms with Gasteiger partial charge in [0.2, 0.25) is 5.91 Å². The number of carbonyl (C=O) groups is 1. The first-order valence-electron chi connectivity index (χ1n) is 12.0. The van der Waals surface area contributed by atoms with Crippen LogP contribution in [0.5, 0.6) is 11.5 Å². The lowest BCUT2D eigenvalue weighted by Gasteiger charge is -2.23. The summed E-state index contributed by atoms with van der Waals surface area (Å²) >= 11 is 0. The van der Waals surface area contributed by atoms with E-state index in [0.717, 1.165) is 56.8 Å². The third-order valence-corrected chi connectivity index (χ3v) is 6.62. The summed E-state index contributed by atoms with van der Waals surface area (Å²) in [5, 5.41) is 0. The van der Waals surface area contributed by atoms with Crippen LogP contribution in [0.1, 0.15) is 49.4 Å². The Kier molecular flexibility index (Phi) is 12.4. The highest BCUT2D eigenvalue weighted by molar-refractivity contribution is 5.85. The quantitative estimate of drug-likeness (QED) is 0.444. The molecule has 0 radical (unpaired) electrons. The van der Waals surface area contributed by atoms with Gasteiger partial charge >= 0.3 is 0 Å². The molecule has 0 spiro atoms. The standard InChI is InChI=1S/C28H40N2O3.2ClH/c1-28(2,3)24-10-8-21(9-11-24)12-16-29(4)14-7-15-30-17-13-22-18-25(32-5)26(33-6)19-23(22)20-27(30)31;;/h8-11,18-19H,7,12-17,20H2,1-6H3;2*1H. The maximum Gasteiger partial charge on any atom is 0.227 e. The molecule has 0 unspecified atom stereocenters. The number of rotatable bonds is 9. The van der Waals surface area contributed by atoms with Gasteiger partial charge < -0.3 is 19.3 Å². The van der Waals surface area contributed by atoms with E-state index < -0.39 is 0 Å². The Labute approximate surface area is 224 Å². The monoisotopic (exact) mass is 524 g/mol. The van der Waals surface area contributed by atoms with E-state index in [9.17, 15) is 4.79 Å². The van der Waals surface area contributed by atoms with E-state index in [1.807, 2.05) is 17.0 Å². The molecule has 2 aromatic rings. The van der Waals surface area contributed by atoms with Crippen molar-refractivity contribution in [1.82, 2.24) is 9.80 Å². The van der Waals surface area contributed by atoms with Crippen molar-refractivity contribution in [2.75, 3.05) is 47.4 Å². The minimum atomic E-state index is 0. The van der Waals surface area contributed by atoms with Crippen LogP contribution in [0.15, 0.2) is 36.4 Å². The lowest BCUT2D eigenvalue weighted by atomic mass is 9.86. The van der Waals surface area contributed by atoms with E-state index >= 15 is 0 Å². The van der Waals surface area contributed by atoms with Crippen molar-refractivity contribution in [2.24, 2.45) is 0 Å². The molecule has 1 aliphatic heterocycles. The molecule has 1 heterocycles. The van der Waals surface area contributed by atoms with Crippen molar-refractivity contribution in [3.63, 3.8) is 0 Å². The zero-order valence-corrected chi connectivity index (χ0v) is 23.7. The minimum Gasteiger partial charge on any atom is -0.493 e. The summed E-state index contributed by atoms with van der Waals surface area (Å²) in [4.78, 5) is 17.2. The van der Waals surface area contributed by atoms with E-state index in [-0.39, 0.29) is 36.1 Å². The molecule has 1 amide bonds. The number of hydrogen-bond acceptors (Lipinski definition) is 4. The van der Waals surface area contributed by atoms with E-state index in [1.54, 1.807) is 14.2 Å². The molecule has 0 N–H and O–H groups in total. The van der Waals surface area contributed by atoms with Crippen molar-refractivity contribution in [1.29, 1.82) is 0 Å². The highest BCUT2D eigenvalue weighted by Gasteiger charge is 2.22. The fraction of sp³-hybridized carbons (Fsp3) is 0.536. The summed E-state index contributed by atoms with van der Waals surface area (Å²) in [5.41, 5.74) is 5.18. The Hall–Kier alpha value is -1.95. The number of hydrogen-bond donors (Lipinski definition) is 0. The zero-order valence-electron chi connectivity index (χ0n) is 22.1. The molecule has 0 aliphatic carbocycles. The molecule has 0 saturated heterocycles. The number of methoxy groups -OCH3 is 2. The van der Waals surface area contributed by atoms with Crippen LogP contribution in [0, 0.1) is 0 Å². The van der Waals surface area contributed by atoms with Gasteiger partial charge in [0.25, 0.3) is 0 Å². The third-order valence-electron chi connectivity index (χ3n) is 6.62. The van der Waals surface area contributed by atoms with Crippen molar-refractivity contribution in [3.05, 3.63) is 58.7 Å². The van der Waals surface area contributed by atoms with Crippen LogP contribution in [-0.4, -0.2) is 63.2 Å². The Morgan fingerprint density at radius 3 is 2.11 bits per heavy atom. The first kappa shape index (κ1) is 31.1. The fourth-order valence-electron chi connectivity index (χ4n) is 4.39. The predicted octanol–water partition coefficient (Wildman–Crippen LogP) is 5.34. The number of likely N-dealkylation sites (N-methyl/N-ethyl adjacent to an activating group) is 1. The van der Waals surface area contributed by atoms with Crippen LogP contribution in [0.3, 0.4) is 0 Å². The predicted molar refractivity (Wildman–Crippen MR) is 149 cm³/mol. The molecule has 0 fully saturated rings.